The molecule has 0 unspecified atom stereocenters. The first kappa shape index (κ1) is 12.4. The zero-order chi connectivity index (χ0) is 13.2. The fourth-order valence-corrected chi connectivity index (χ4v) is 1.47. The Morgan fingerprint density at radius 2 is 1.89 bits per heavy atom. The van der Waals surface area contributed by atoms with E-state index < -0.39 is 0 Å². The van der Waals surface area contributed by atoms with Crippen molar-refractivity contribution in [3.63, 3.8) is 0 Å². The average molecular weight is 244 g/mol. The normalized spacial score (nSPS) is 11.3. The Morgan fingerprint density at radius 3 is 2.44 bits per heavy atom. The van der Waals surface area contributed by atoms with Crippen LogP contribution in [-0.4, -0.2) is 11.1 Å². The average Bonchev–Trinajstić information content (AvgIpc) is 2.78. The molecule has 2 rings (SSSR count). The lowest BCUT2D eigenvalue weighted by Gasteiger charge is -2.12. The summed E-state index contributed by atoms with van der Waals surface area (Å²) in [6.45, 7) is 6.07. The Bertz CT molecular complexity index is 538. The van der Waals surface area contributed by atoms with Crippen LogP contribution in [0.1, 0.15) is 36.9 Å². The van der Waals surface area contributed by atoms with Gasteiger partial charge in [-0.25, -0.2) is 0 Å². The minimum absolute atomic E-state index is 0.122. The molecule has 4 heteroatoms. The smallest absolute Gasteiger partial charge is 0.256 e. The van der Waals surface area contributed by atoms with Gasteiger partial charge in [-0.1, -0.05) is 44.1 Å². The van der Waals surface area contributed by atoms with Crippen molar-refractivity contribution in [3.8, 4) is 0 Å². The van der Waals surface area contributed by atoms with Crippen LogP contribution in [0.25, 0.3) is 0 Å². The lowest BCUT2D eigenvalue weighted by molar-refractivity contribution is 0.102. The second-order valence-corrected chi connectivity index (χ2v) is 5.15. The van der Waals surface area contributed by atoms with E-state index in [4.69, 9.17) is 4.52 Å². The molecule has 1 aromatic carbocycles. The van der Waals surface area contributed by atoms with E-state index in [-0.39, 0.29) is 11.3 Å². The van der Waals surface area contributed by atoms with Crippen molar-refractivity contribution in [1.29, 1.82) is 0 Å². The molecule has 0 radical (unpaired) electrons. The maximum Gasteiger partial charge on any atom is 0.256 e. The standard InChI is InChI=1S/C14H16N2O2/c1-14(2,3)11-9-12(16-18-11)15-13(17)10-7-5-4-6-8-10/h4-9H,1-3H3,(H,15,16,17). The van der Waals surface area contributed by atoms with Gasteiger partial charge in [-0.15, -0.1) is 0 Å². The molecule has 0 saturated carbocycles. The van der Waals surface area contributed by atoms with Crippen molar-refractivity contribution in [2.24, 2.45) is 0 Å². The van der Waals surface area contributed by atoms with E-state index in [1.54, 1.807) is 18.2 Å². The summed E-state index contributed by atoms with van der Waals surface area (Å²) >= 11 is 0. The molecule has 1 aromatic heterocycles. The molecule has 94 valence electrons. The Hall–Kier alpha value is -2.10. The zero-order valence-electron chi connectivity index (χ0n) is 10.7. The summed E-state index contributed by atoms with van der Waals surface area (Å²) in [7, 11) is 0. The van der Waals surface area contributed by atoms with Gasteiger partial charge in [0.05, 0.1) is 0 Å². The summed E-state index contributed by atoms with van der Waals surface area (Å²) in [6, 6.07) is 10.8. The Labute approximate surface area is 106 Å². The number of hydrogen-bond donors (Lipinski definition) is 1. The highest BCUT2D eigenvalue weighted by atomic mass is 16.5. The second kappa shape index (κ2) is 4.64. The number of rotatable bonds is 2. The van der Waals surface area contributed by atoms with Crippen LogP contribution >= 0.6 is 0 Å². The van der Waals surface area contributed by atoms with Gasteiger partial charge in [-0.3, -0.25) is 4.79 Å². The number of hydrogen-bond acceptors (Lipinski definition) is 3. The molecule has 0 aliphatic rings. The first-order valence-electron chi connectivity index (χ1n) is 5.80. The molecule has 0 bridgehead atoms. The third-order valence-corrected chi connectivity index (χ3v) is 2.53. The van der Waals surface area contributed by atoms with Crippen molar-refractivity contribution in [2.75, 3.05) is 5.32 Å². The van der Waals surface area contributed by atoms with Gasteiger partial charge < -0.3 is 9.84 Å². The van der Waals surface area contributed by atoms with Crippen molar-refractivity contribution >= 4 is 11.7 Å². The Balaban J connectivity index is 2.11. The van der Waals surface area contributed by atoms with Crippen LogP contribution in [0.5, 0.6) is 0 Å². The van der Waals surface area contributed by atoms with Gasteiger partial charge in [-0.05, 0) is 12.1 Å². The largest absolute Gasteiger partial charge is 0.359 e. The van der Waals surface area contributed by atoms with Crippen molar-refractivity contribution < 1.29 is 9.32 Å². The number of aromatic nitrogens is 1. The molecule has 0 saturated heterocycles. The third-order valence-electron chi connectivity index (χ3n) is 2.53. The zero-order valence-corrected chi connectivity index (χ0v) is 10.7. The van der Waals surface area contributed by atoms with Crippen LogP contribution in [0.3, 0.4) is 0 Å². The lowest BCUT2D eigenvalue weighted by Crippen LogP contribution is -2.12. The number of nitrogens with one attached hydrogen (secondary N) is 1. The van der Waals surface area contributed by atoms with E-state index in [9.17, 15) is 4.79 Å². The van der Waals surface area contributed by atoms with Gasteiger partial charge in [-0.2, -0.15) is 0 Å². The summed E-state index contributed by atoms with van der Waals surface area (Å²) in [6.07, 6.45) is 0. The molecule has 1 amide bonds. The monoisotopic (exact) mass is 244 g/mol. The summed E-state index contributed by atoms with van der Waals surface area (Å²) < 4.78 is 5.20. The van der Waals surface area contributed by atoms with Crippen molar-refractivity contribution in [2.45, 2.75) is 26.2 Å². The van der Waals surface area contributed by atoms with E-state index in [1.807, 2.05) is 39.0 Å². The van der Waals surface area contributed by atoms with E-state index in [1.165, 1.54) is 0 Å². The second-order valence-electron chi connectivity index (χ2n) is 5.15. The Morgan fingerprint density at radius 1 is 1.22 bits per heavy atom. The molecule has 1 N–H and O–H groups in total. The first-order chi connectivity index (χ1) is 8.47. The SMILES string of the molecule is CC(C)(C)c1cc(NC(=O)c2ccccc2)no1. The van der Waals surface area contributed by atoms with Crippen LogP contribution < -0.4 is 5.32 Å². The minimum Gasteiger partial charge on any atom is -0.359 e. The summed E-state index contributed by atoms with van der Waals surface area (Å²) in [5.41, 5.74) is 0.473. The number of carbonyl (C=O) groups is 1. The molecule has 0 atom stereocenters. The number of carbonyl (C=O) groups excluding carboxylic acids is 1. The van der Waals surface area contributed by atoms with E-state index in [2.05, 4.69) is 10.5 Å². The Kier molecular flexibility index (Phi) is 3.19. The number of anilines is 1. The highest BCUT2D eigenvalue weighted by Crippen LogP contribution is 2.24. The van der Waals surface area contributed by atoms with Gasteiger partial charge in [0.2, 0.25) is 0 Å². The van der Waals surface area contributed by atoms with E-state index in [0.717, 1.165) is 5.76 Å². The molecule has 1 heterocycles. The van der Waals surface area contributed by atoms with Crippen molar-refractivity contribution in [3.05, 3.63) is 47.7 Å². The van der Waals surface area contributed by atoms with Crippen LogP contribution in [0.2, 0.25) is 0 Å². The molecule has 0 spiro atoms. The highest BCUT2D eigenvalue weighted by molar-refractivity contribution is 6.03. The van der Waals surface area contributed by atoms with Crippen LogP contribution in [-0.2, 0) is 5.41 Å². The fourth-order valence-electron chi connectivity index (χ4n) is 1.47. The van der Waals surface area contributed by atoms with Crippen LogP contribution in [0.4, 0.5) is 5.82 Å². The van der Waals surface area contributed by atoms with Crippen LogP contribution in [0, 0.1) is 0 Å². The molecule has 18 heavy (non-hydrogen) atoms. The summed E-state index contributed by atoms with van der Waals surface area (Å²) in [4.78, 5) is 11.9. The molecule has 0 aliphatic heterocycles. The first-order valence-corrected chi connectivity index (χ1v) is 5.80. The quantitative estimate of drug-likeness (QED) is 0.882. The molecule has 4 nitrogen and oxygen atoms in total. The number of benzene rings is 1. The molecule has 2 aromatic rings. The van der Waals surface area contributed by atoms with E-state index in [0.29, 0.717) is 11.4 Å². The van der Waals surface area contributed by atoms with Crippen LogP contribution in [0.15, 0.2) is 40.9 Å². The number of nitrogens with zero attached hydrogens (tertiary/aromatic N) is 1. The molecule has 0 aliphatic carbocycles. The predicted octanol–water partition coefficient (Wildman–Crippen LogP) is 3.22. The predicted molar refractivity (Wildman–Crippen MR) is 69.6 cm³/mol. The highest BCUT2D eigenvalue weighted by Gasteiger charge is 2.20. The van der Waals surface area contributed by atoms with E-state index >= 15 is 0 Å². The van der Waals surface area contributed by atoms with Gasteiger partial charge in [0.15, 0.2) is 5.82 Å². The number of amides is 1. The maximum absolute atomic E-state index is 11.9. The molecule has 0 fully saturated rings. The molecular formula is C14H16N2O2. The van der Waals surface area contributed by atoms with Gasteiger partial charge in [0, 0.05) is 17.0 Å². The van der Waals surface area contributed by atoms with Gasteiger partial charge in [0.25, 0.3) is 5.91 Å². The van der Waals surface area contributed by atoms with Gasteiger partial charge >= 0.3 is 0 Å². The minimum atomic E-state index is -0.190. The third kappa shape index (κ3) is 2.77. The molecular weight excluding hydrogens is 228 g/mol. The maximum atomic E-state index is 11.9. The van der Waals surface area contributed by atoms with Gasteiger partial charge in [0.1, 0.15) is 5.76 Å². The van der Waals surface area contributed by atoms with Crippen molar-refractivity contribution in [1.82, 2.24) is 5.16 Å². The summed E-state index contributed by atoms with van der Waals surface area (Å²) in [5.74, 6) is 0.990. The topological polar surface area (TPSA) is 55.1 Å². The fraction of sp³-hybridized carbons (Fsp3) is 0.286. The lowest BCUT2D eigenvalue weighted by atomic mass is 9.93. The summed E-state index contributed by atoms with van der Waals surface area (Å²) in [5, 5.41) is 6.55.